The van der Waals surface area contributed by atoms with E-state index in [2.05, 4.69) is 10.2 Å². The van der Waals surface area contributed by atoms with Gasteiger partial charge in [0.1, 0.15) is 12.1 Å². The van der Waals surface area contributed by atoms with Crippen LogP contribution < -0.4 is 5.32 Å². The molecule has 3 fully saturated rings. The molecule has 6 rings (SSSR count). The van der Waals surface area contributed by atoms with Crippen molar-refractivity contribution in [1.82, 2.24) is 14.7 Å². The van der Waals surface area contributed by atoms with Crippen LogP contribution in [0.4, 0.5) is 23.2 Å². The van der Waals surface area contributed by atoms with Gasteiger partial charge in [0, 0.05) is 65.8 Å². The van der Waals surface area contributed by atoms with Crippen molar-refractivity contribution in [2.24, 2.45) is 5.92 Å². The van der Waals surface area contributed by atoms with Crippen molar-refractivity contribution in [3.8, 4) is 0 Å². The van der Waals surface area contributed by atoms with Crippen LogP contribution in [0.25, 0.3) is 10.1 Å². The first kappa shape index (κ1) is 35.4. The number of aryl methyl sites for hydroxylation is 1. The zero-order valence-electron chi connectivity index (χ0n) is 27.5. The third-order valence-electron chi connectivity index (χ3n) is 10.2. The molecule has 1 aliphatic carbocycles. The van der Waals surface area contributed by atoms with Crippen LogP contribution in [0.1, 0.15) is 53.6 Å². The summed E-state index contributed by atoms with van der Waals surface area (Å²) in [4.78, 5) is 43.4. The number of ether oxygens (including phenoxy) is 1. The average molecular weight is 703 g/mol. The number of amides is 2. The second kappa shape index (κ2) is 15.2. The van der Waals surface area contributed by atoms with Crippen LogP contribution >= 0.6 is 11.3 Å². The van der Waals surface area contributed by atoms with Crippen LogP contribution in [0.2, 0.25) is 0 Å². The minimum atomic E-state index is -4.25. The fraction of sp³-hybridized carbons (Fsp3) is 0.528. The number of carbonyl (C=O) groups is 3. The van der Waals surface area contributed by atoms with Crippen molar-refractivity contribution >= 4 is 45.2 Å². The van der Waals surface area contributed by atoms with Crippen molar-refractivity contribution in [3.63, 3.8) is 0 Å². The molecule has 264 valence electrons. The molecule has 13 heteroatoms. The molecule has 0 unspecified atom stereocenters. The quantitative estimate of drug-likeness (QED) is 0.204. The van der Waals surface area contributed by atoms with Gasteiger partial charge in [0.05, 0.1) is 37.3 Å². The Labute approximate surface area is 287 Å². The number of halogens is 4. The van der Waals surface area contributed by atoms with Crippen LogP contribution in [0, 0.1) is 18.7 Å². The predicted molar refractivity (Wildman–Crippen MR) is 180 cm³/mol. The molecule has 1 aromatic heterocycles. The molecule has 0 bridgehead atoms. The van der Waals surface area contributed by atoms with Crippen LogP contribution in [0.5, 0.6) is 0 Å². The predicted octanol–water partition coefficient (Wildman–Crippen LogP) is 6.07. The van der Waals surface area contributed by atoms with E-state index in [1.807, 2.05) is 24.3 Å². The van der Waals surface area contributed by atoms with Gasteiger partial charge in [-0.1, -0.05) is 24.3 Å². The molecule has 2 saturated heterocycles. The molecule has 2 amide bonds. The maximum absolute atomic E-state index is 15.5. The molecular weight excluding hydrogens is 660 g/mol. The van der Waals surface area contributed by atoms with E-state index in [1.54, 1.807) is 23.3 Å². The lowest BCUT2D eigenvalue weighted by Gasteiger charge is -2.38. The average Bonchev–Trinajstić information content (AvgIpc) is 3.71. The van der Waals surface area contributed by atoms with E-state index in [9.17, 15) is 27.6 Å². The van der Waals surface area contributed by atoms with Crippen LogP contribution in [0.3, 0.4) is 0 Å². The fourth-order valence-electron chi connectivity index (χ4n) is 7.42. The Kier molecular flexibility index (Phi) is 11.0. The number of hydrogen-bond acceptors (Lipinski definition) is 7. The van der Waals surface area contributed by atoms with E-state index in [1.165, 1.54) is 22.3 Å². The largest absolute Gasteiger partial charge is 0.401 e. The zero-order chi connectivity index (χ0) is 34.7. The summed E-state index contributed by atoms with van der Waals surface area (Å²) in [5.41, 5.74) is 1.68. The van der Waals surface area contributed by atoms with E-state index < -0.39 is 18.5 Å². The highest BCUT2D eigenvalue weighted by Crippen LogP contribution is 2.31. The first-order valence-electron chi connectivity index (χ1n) is 16.9. The summed E-state index contributed by atoms with van der Waals surface area (Å²) < 4.78 is 61.6. The number of nitrogens with zero attached hydrogens (tertiary/aromatic N) is 3. The summed E-state index contributed by atoms with van der Waals surface area (Å²) in [5, 5.41) is 5.43. The number of anilines is 1. The molecule has 3 aromatic rings. The number of nitrogens with one attached hydrogen (secondary N) is 1. The third kappa shape index (κ3) is 8.68. The number of piperazine rings is 1. The van der Waals surface area contributed by atoms with Gasteiger partial charge in [-0.25, -0.2) is 4.39 Å². The number of rotatable bonds is 10. The van der Waals surface area contributed by atoms with Gasteiger partial charge < -0.3 is 19.7 Å². The molecule has 0 spiro atoms. The lowest BCUT2D eigenvalue weighted by atomic mass is 9.88. The second-order valence-corrected chi connectivity index (χ2v) is 14.5. The number of alkyl halides is 3. The minimum absolute atomic E-state index is 0.00645. The number of aldehydes is 1. The van der Waals surface area contributed by atoms with Crippen LogP contribution in [0.15, 0.2) is 41.8 Å². The van der Waals surface area contributed by atoms with Gasteiger partial charge in [-0.05, 0) is 62.3 Å². The summed E-state index contributed by atoms with van der Waals surface area (Å²) in [6.45, 7) is 3.03. The maximum Gasteiger partial charge on any atom is 0.401 e. The van der Waals surface area contributed by atoms with Crippen molar-refractivity contribution in [3.05, 3.63) is 64.3 Å². The molecule has 3 aliphatic rings. The van der Waals surface area contributed by atoms with Gasteiger partial charge >= 0.3 is 6.18 Å². The third-order valence-corrected chi connectivity index (χ3v) is 11.1. The fourth-order valence-corrected chi connectivity index (χ4v) is 8.36. The van der Waals surface area contributed by atoms with E-state index in [0.29, 0.717) is 62.6 Å². The van der Waals surface area contributed by atoms with Gasteiger partial charge in [0.25, 0.3) is 5.91 Å². The van der Waals surface area contributed by atoms with E-state index in [-0.39, 0.29) is 47.9 Å². The number of benzene rings is 2. The standard InChI is InChI=1S/C36H42F4N4O4S/c1-23-14-25(31(37)17-32(23)41-35(47)30-21-49-33-5-3-2-4-29(30)33)15-34(46)44-18-26(43-12-10-42(11-13-43)22-36(38,39)40)16-27(44)20-48-28-8-6-24(19-45)7-9-28/h2-5,14,17,19,21,24,26-28H,6-13,15-16,18,20,22H2,1H3,(H,41,47)/t24?,26-,27-,28?/m0/s1. The molecule has 8 nitrogen and oxygen atoms in total. The van der Waals surface area contributed by atoms with Crippen molar-refractivity contribution in [2.45, 2.75) is 69.8 Å². The molecule has 3 heterocycles. The Morgan fingerprint density at radius 1 is 1.06 bits per heavy atom. The van der Waals surface area contributed by atoms with Crippen molar-refractivity contribution in [2.75, 3.05) is 51.2 Å². The Hall–Kier alpha value is -3.39. The normalized spacial score (nSPS) is 24.0. The number of likely N-dealkylation sites (tertiary alicyclic amines) is 1. The smallest absolute Gasteiger partial charge is 0.376 e. The van der Waals surface area contributed by atoms with Gasteiger partial charge in [0.2, 0.25) is 5.91 Å². The monoisotopic (exact) mass is 702 g/mol. The molecule has 1 saturated carbocycles. The van der Waals surface area contributed by atoms with Crippen molar-refractivity contribution < 1.29 is 36.7 Å². The van der Waals surface area contributed by atoms with E-state index in [4.69, 9.17) is 4.74 Å². The molecule has 49 heavy (non-hydrogen) atoms. The first-order chi connectivity index (χ1) is 23.5. The summed E-state index contributed by atoms with van der Waals surface area (Å²) in [6.07, 6.45) is 0.253. The molecular formula is C36H42F4N4O4S. The molecule has 2 aliphatic heterocycles. The summed E-state index contributed by atoms with van der Waals surface area (Å²) in [7, 11) is 0. The minimum Gasteiger partial charge on any atom is -0.376 e. The molecule has 2 aromatic carbocycles. The Morgan fingerprint density at radius 2 is 1.80 bits per heavy atom. The molecule has 0 radical (unpaired) electrons. The number of thiophene rings is 1. The lowest BCUT2D eigenvalue weighted by molar-refractivity contribution is -0.150. The Bertz CT molecular complexity index is 1650. The highest BCUT2D eigenvalue weighted by Gasteiger charge is 2.40. The summed E-state index contributed by atoms with van der Waals surface area (Å²) in [6, 6.07) is 10.1. The lowest BCUT2D eigenvalue weighted by Crippen LogP contribution is -2.52. The highest BCUT2D eigenvalue weighted by atomic mass is 32.1. The van der Waals surface area contributed by atoms with Gasteiger partial charge in [0.15, 0.2) is 0 Å². The van der Waals surface area contributed by atoms with Gasteiger partial charge in [-0.3, -0.25) is 19.4 Å². The summed E-state index contributed by atoms with van der Waals surface area (Å²) >= 11 is 1.46. The van der Waals surface area contributed by atoms with Gasteiger partial charge in [-0.2, -0.15) is 13.2 Å². The Balaban J connectivity index is 1.12. The van der Waals surface area contributed by atoms with Crippen LogP contribution in [-0.4, -0.2) is 103 Å². The van der Waals surface area contributed by atoms with E-state index >= 15 is 4.39 Å². The molecule has 2 atom stereocenters. The number of hydrogen-bond donors (Lipinski definition) is 1. The Morgan fingerprint density at radius 3 is 2.51 bits per heavy atom. The number of fused-ring (bicyclic) bond motifs is 1. The van der Waals surface area contributed by atoms with Crippen molar-refractivity contribution in [1.29, 1.82) is 0 Å². The van der Waals surface area contributed by atoms with Gasteiger partial charge in [-0.15, -0.1) is 11.3 Å². The SMILES string of the molecule is Cc1cc(CC(=O)N2C[C@@H](N3CCN(CC(F)(F)F)CC3)C[C@H]2COC2CCC(C=O)CC2)c(F)cc1NC(=O)c1csc2ccccc12. The topological polar surface area (TPSA) is 82.2 Å². The number of carbonyl (C=O) groups excluding carboxylic acids is 3. The maximum atomic E-state index is 15.5. The van der Waals surface area contributed by atoms with Crippen LogP contribution in [-0.2, 0) is 20.7 Å². The highest BCUT2D eigenvalue weighted by molar-refractivity contribution is 7.17. The molecule has 1 N–H and O–H groups in total. The zero-order valence-corrected chi connectivity index (χ0v) is 28.3. The van der Waals surface area contributed by atoms with E-state index in [0.717, 1.165) is 42.1 Å². The second-order valence-electron chi connectivity index (χ2n) is 13.6. The first-order valence-corrected chi connectivity index (χ1v) is 17.8. The summed E-state index contributed by atoms with van der Waals surface area (Å²) in [5.74, 6) is -1.14.